The first kappa shape index (κ1) is 10.3. The van der Waals surface area contributed by atoms with Gasteiger partial charge >= 0.3 is 6.09 Å². The van der Waals surface area contributed by atoms with Crippen molar-refractivity contribution in [1.29, 1.82) is 0 Å². The predicted molar refractivity (Wildman–Crippen MR) is 46.8 cm³/mol. The van der Waals surface area contributed by atoms with E-state index in [-0.39, 0.29) is 0 Å². The van der Waals surface area contributed by atoms with Crippen LogP contribution in [0.1, 0.15) is 6.92 Å². The maximum absolute atomic E-state index is 10.8. The summed E-state index contributed by atoms with van der Waals surface area (Å²) < 4.78 is 0. The Bertz CT molecular complexity index is 168. The summed E-state index contributed by atoms with van der Waals surface area (Å²) >= 11 is 1.43. The number of hydrogen-bond donors (Lipinski definition) is 0. The van der Waals surface area contributed by atoms with Gasteiger partial charge in [0.1, 0.15) is 5.04 Å². The van der Waals surface area contributed by atoms with Gasteiger partial charge in [-0.15, -0.1) is 11.8 Å². The Labute approximate surface area is 70.6 Å². The highest BCUT2D eigenvalue weighted by atomic mass is 32.2. The highest BCUT2D eigenvalue weighted by Crippen LogP contribution is 1.97. The fourth-order valence-electron chi connectivity index (χ4n) is 0.222. The van der Waals surface area contributed by atoms with Crippen LogP contribution in [0.25, 0.3) is 0 Å². The van der Waals surface area contributed by atoms with Gasteiger partial charge in [-0.3, -0.25) is 4.84 Å². The molecule has 0 heterocycles. The summed E-state index contributed by atoms with van der Waals surface area (Å²) in [6.45, 7) is 1.77. The molecule has 0 rings (SSSR count). The lowest BCUT2D eigenvalue weighted by Crippen LogP contribution is -2.21. The van der Waals surface area contributed by atoms with E-state index in [1.165, 1.54) is 16.7 Å². The van der Waals surface area contributed by atoms with Crippen LogP contribution in [0.5, 0.6) is 0 Å². The minimum atomic E-state index is -0.460. The zero-order valence-corrected chi connectivity index (χ0v) is 7.94. The Kier molecular flexibility index (Phi) is 4.69. The zero-order chi connectivity index (χ0) is 8.85. The molecule has 4 nitrogen and oxygen atoms in total. The van der Waals surface area contributed by atoms with E-state index in [4.69, 9.17) is 0 Å². The fraction of sp³-hybridized carbons (Fsp3) is 0.667. The second kappa shape index (κ2) is 5.01. The molecule has 0 N–H and O–H groups in total. The van der Waals surface area contributed by atoms with Crippen molar-refractivity contribution in [3.63, 3.8) is 0 Å². The number of carbonyl (C=O) groups excluding carboxylic acids is 1. The molecule has 0 aromatic heterocycles. The lowest BCUT2D eigenvalue weighted by Gasteiger charge is -2.05. The molecule has 0 radical (unpaired) electrons. The van der Waals surface area contributed by atoms with Crippen LogP contribution in [-0.4, -0.2) is 36.4 Å². The van der Waals surface area contributed by atoms with E-state index in [0.717, 1.165) is 5.04 Å². The minimum Gasteiger partial charge on any atom is -0.312 e. The first-order valence-corrected chi connectivity index (χ1v) is 4.27. The Morgan fingerprint density at radius 1 is 1.55 bits per heavy atom. The normalized spacial score (nSPS) is 11.1. The van der Waals surface area contributed by atoms with Crippen LogP contribution >= 0.6 is 11.8 Å². The number of rotatable bonds is 1. The van der Waals surface area contributed by atoms with Crippen LogP contribution < -0.4 is 0 Å². The van der Waals surface area contributed by atoms with Crippen LogP contribution in [0, 0.1) is 0 Å². The van der Waals surface area contributed by atoms with E-state index in [2.05, 4.69) is 9.99 Å². The predicted octanol–water partition coefficient (Wildman–Crippen LogP) is 1.38. The van der Waals surface area contributed by atoms with Crippen molar-refractivity contribution in [2.45, 2.75) is 6.92 Å². The van der Waals surface area contributed by atoms with E-state index in [9.17, 15) is 4.79 Å². The van der Waals surface area contributed by atoms with Gasteiger partial charge in [0.05, 0.1) is 0 Å². The van der Waals surface area contributed by atoms with Crippen molar-refractivity contribution < 1.29 is 9.63 Å². The summed E-state index contributed by atoms with van der Waals surface area (Å²) in [4.78, 5) is 16.6. The zero-order valence-electron chi connectivity index (χ0n) is 7.12. The highest BCUT2D eigenvalue weighted by Gasteiger charge is 2.02. The average Bonchev–Trinajstić information content (AvgIpc) is 1.99. The summed E-state index contributed by atoms with van der Waals surface area (Å²) in [5, 5.41) is 4.27. The number of amides is 1. The minimum absolute atomic E-state index is 0.460. The summed E-state index contributed by atoms with van der Waals surface area (Å²) in [5.74, 6) is 0. The summed E-state index contributed by atoms with van der Waals surface area (Å²) in [5.41, 5.74) is 0. The SMILES string of the molecule is CS/C(C)=N\OC(=O)N(C)C. The molecule has 0 aliphatic rings. The van der Waals surface area contributed by atoms with Gasteiger partial charge in [-0.2, -0.15) is 0 Å². The molecule has 11 heavy (non-hydrogen) atoms. The molecule has 1 amide bonds. The van der Waals surface area contributed by atoms with Crippen molar-refractivity contribution in [2.24, 2.45) is 5.16 Å². The molecular formula is C6H12N2O2S. The summed E-state index contributed by atoms with van der Waals surface area (Å²) in [6.07, 6.45) is 1.40. The standard InChI is InChI=1S/C6H12N2O2S/c1-5(11-4)7-10-6(9)8(2)3/h1-4H3/b7-5-. The summed E-state index contributed by atoms with van der Waals surface area (Å²) in [7, 11) is 3.21. The Morgan fingerprint density at radius 3 is 2.45 bits per heavy atom. The molecule has 0 fully saturated rings. The van der Waals surface area contributed by atoms with Gasteiger partial charge in [0.2, 0.25) is 0 Å². The maximum Gasteiger partial charge on any atom is 0.435 e. The van der Waals surface area contributed by atoms with E-state index in [1.54, 1.807) is 21.0 Å². The quantitative estimate of drug-likeness (QED) is 0.262. The van der Waals surface area contributed by atoms with Gasteiger partial charge in [0, 0.05) is 14.1 Å². The number of thioether (sulfide) groups is 1. The molecule has 0 spiro atoms. The Hall–Kier alpha value is -0.710. The van der Waals surface area contributed by atoms with E-state index in [0.29, 0.717) is 0 Å². The number of hydrogen-bond acceptors (Lipinski definition) is 4. The topological polar surface area (TPSA) is 41.9 Å². The average molecular weight is 176 g/mol. The molecule has 0 aliphatic heterocycles. The van der Waals surface area contributed by atoms with Crippen molar-refractivity contribution in [3.8, 4) is 0 Å². The fourth-order valence-corrected chi connectivity index (χ4v) is 0.334. The third-order valence-electron chi connectivity index (χ3n) is 0.913. The first-order valence-electron chi connectivity index (χ1n) is 3.04. The van der Waals surface area contributed by atoms with Gasteiger partial charge in [0.15, 0.2) is 0 Å². The molecule has 64 valence electrons. The number of nitrogens with zero attached hydrogens (tertiary/aromatic N) is 2. The van der Waals surface area contributed by atoms with Gasteiger partial charge in [-0.25, -0.2) is 4.79 Å². The largest absolute Gasteiger partial charge is 0.435 e. The van der Waals surface area contributed by atoms with Gasteiger partial charge in [0.25, 0.3) is 0 Å². The first-order chi connectivity index (χ1) is 5.07. The molecule has 0 atom stereocenters. The van der Waals surface area contributed by atoms with E-state index >= 15 is 0 Å². The monoisotopic (exact) mass is 176 g/mol. The van der Waals surface area contributed by atoms with Crippen LogP contribution in [0.3, 0.4) is 0 Å². The smallest absolute Gasteiger partial charge is 0.312 e. The summed E-state index contributed by atoms with van der Waals surface area (Å²) in [6, 6.07) is 0. The Morgan fingerprint density at radius 2 is 2.09 bits per heavy atom. The maximum atomic E-state index is 10.8. The van der Waals surface area contributed by atoms with E-state index < -0.39 is 6.09 Å². The van der Waals surface area contributed by atoms with E-state index in [1.807, 2.05) is 6.26 Å². The molecular weight excluding hydrogens is 164 g/mol. The van der Waals surface area contributed by atoms with Crippen LogP contribution in [-0.2, 0) is 4.84 Å². The molecule has 0 unspecified atom stereocenters. The van der Waals surface area contributed by atoms with Crippen LogP contribution in [0.2, 0.25) is 0 Å². The van der Waals surface area contributed by atoms with Gasteiger partial charge < -0.3 is 4.90 Å². The molecule has 0 aromatic carbocycles. The Balaban J connectivity index is 3.78. The molecule has 5 heteroatoms. The number of oxime groups is 1. The third kappa shape index (κ3) is 4.66. The second-order valence-electron chi connectivity index (χ2n) is 2.07. The van der Waals surface area contributed by atoms with Crippen molar-refractivity contribution in [1.82, 2.24) is 4.90 Å². The molecule has 0 saturated heterocycles. The molecule has 0 aliphatic carbocycles. The highest BCUT2D eigenvalue weighted by molar-refractivity contribution is 8.13. The lowest BCUT2D eigenvalue weighted by atomic mass is 10.9. The van der Waals surface area contributed by atoms with Gasteiger partial charge in [-0.1, -0.05) is 5.16 Å². The van der Waals surface area contributed by atoms with Crippen LogP contribution in [0.15, 0.2) is 5.16 Å². The van der Waals surface area contributed by atoms with Crippen LogP contribution in [0.4, 0.5) is 4.79 Å². The second-order valence-corrected chi connectivity index (χ2v) is 3.07. The number of carbonyl (C=O) groups is 1. The van der Waals surface area contributed by atoms with Gasteiger partial charge in [-0.05, 0) is 13.2 Å². The molecule has 0 aromatic rings. The molecule has 0 bridgehead atoms. The van der Waals surface area contributed by atoms with Crippen molar-refractivity contribution in [3.05, 3.63) is 0 Å². The lowest BCUT2D eigenvalue weighted by molar-refractivity contribution is 0.122. The van der Waals surface area contributed by atoms with Crippen molar-refractivity contribution >= 4 is 22.9 Å². The molecule has 0 saturated carbocycles. The van der Waals surface area contributed by atoms with Crippen molar-refractivity contribution in [2.75, 3.05) is 20.4 Å². The third-order valence-corrected chi connectivity index (χ3v) is 1.58.